The number of benzene rings is 2. The molecule has 1 aliphatic heterocycles. The fourth-order valence-electron chi connectivity index (χ4n) is 2.98. The Kier molecular flexibility index (Phi) is 4.36. The molecule has 148 valence electrons. The van der Waals surface area contributed by atoms with Gasteiger partial charge in [-0.25, -0.2) is 9.97 Å². The Morgan fingerprint density at radius 2 is 0.933 bits per heavy atom. The Balaban J connectivity index is 1.63. The SMILES string of the molecule is Cc1cc2cc(c1)Oc1ccnc(n1)Oc1cc(C)cc(c1)Oc1nccc(n1)O2. The number of hydrogen-bond donors (Lipinski definition) is 0. The predicted octanol–water partition coefficient (Wildman–Crippen LogP) is 5.37. The smallest absolute Gasteiger partial charge is 0.325 e. The summed E-state index contributed by atoms with van der Waals surface area (Å²) in [6.45, 7) is 3.86. The number of aryl methyl sites for hydroxylation is 2. The van der Waals surface area contributed by atoms with Crippen molar-refractivity contribution in [3.05, 3.63) is 72.1 Å². The first-order chi connectivity index (χ1) is 14.6. The zero-order valence-corrected chi connectivity index (χ0v) is 16.2. The van der Waals surface area contributed by atoms with E-state index in [1.165, 1.54) is 0 Å². The summed E-state index contributed by atoms with van der Waals surface area (Å²) in [6.07, 6.45) is 3.14. The summed E-state index contributed by atoms with van der Waals surface area (Å²) in [5.41, 5.74) is 1.87. The van der Waals surface area contributed by atoms with Gasteiger partial charge in [-0.15, -0.1) is 0 Å². The standard InChI is InChI=1S/C22H16N4O4/c1-13-7-15-11-16(8-13)28-20-4-6-24-22(26-20)30-18-10-14(2)9-17(12-18)29-21-23-5-3-19(25-21)27-15/h3-12H,1-2H3. The summed E-state index contributed by atoms with van der Waals surface area (Å²) >= 11 is 0. The Bertz CT molecular complexity index is 1070. The van der Waals surface area contributed by atoms with Gasteiger partial charge < -0.3 is 18.9 Å². The maximum Gasteiger partial charge on any atom is 0.325 e. The summed E-state index contributed by atoms with van der Waals surface area (Å²) < 4.78 is 23.5. The van der Waals surface area contributed by atoms with E-state index in [0.717, 1.165) is 11.1 Å². The lowest BCUT2D eigenvalue weighted by molar-refractivity contribution is 0.393. The molecule has 2 aromatic heterocycles. The Hall–Kier alpha value is -4.20. The van der Waals surface area contributed by atoms with Gasteiger partial charge in [0.15, 0.2) is 0 Å². The molecule has 0 radical (unpaired) electrons. The van der Waals surface area contributed by atoms with Crippen LogP contribution in [0.1, 0.15) is 11.1 Å². The monoisotopic (exact) mass is 400 g/mol. The van der Waals surface area contributed by atoms with Crippen LogP contribution in [0.5, 0.6) is 46.8 Å². The van der Waals surface area contributed by atoms with E-state index < -0.39 is 0 Å². The van der Waals surface area contributed by atoms with Gasteiger partial charge in [0.2, 0.25) is 11.8 Å². The van der Waals surface area contributed by atoms with E-state index in [2.05, 4.69) is 19.9 Å². The molecular formula is C22H16N4O4. The van der Waals surface area contributed by atoms with Crippen LogP contribution in [0.4, 0.5) is 0 Å². The van der Waals surface area contributed by atoms with Crippen molar-refractivity contribution >= 4 is 0 Å². The second-order valence-corrected chi connectivity index (χ2v) is 6.73. The van der Waals surface area contributed by atoms with Crippen molar-refractivity contribution in [2.24, 2.45) is 0 Å². The lowest BCUT2D eigenvalue weighted by Crippen LogP contribution is -1.98. The first-order valence-electron chi connectivity index (χ1n) is 9.20. The summed E-state index contributed by atoms with van der Waals surface area (Å²) in [4.78, 5) is 17.0. The summed E-state index contributed by atoms with van der Waals surface area (Å²) in [6, 6.07) is 14.5. The molecule has 0 amide bonds. The van der Waals surface area contributed by atoms with Gasteiger partial charge in [-0.1, -0.05) is 0 Å². The summed E-state index contributed by atoms with van der Waals surface area (Å²) in [5.74, 6) is 2.84. The average Bonchev–Trinajstić information content (AvgIpc) is 2.67. The molecule has 5 rings (SSSR count). The minimum atomic E-state index is 0.151. The number of fused-ring (bicyclic) bond motifs is 8. The quantitative estimate of drug-likeness (QED) is 0.343. The second kappa shape index (κ2) is 7.32. The largest absolute Gasteiger partial charge is 0.439 e. The summed E-state index contributed by atoms with van der Waals surface area (Å²) in [5, 5.41) is 0. The average molecular weight is 400 g/mol. The van der Waals surface area contributed by atoms with E-state index in [1.807, 2.05) is 38.1 Å². The van der Waals surface area contributed by atoms with Crippen molar-refractivity contribution in [1.29, 1.82) is 0 Å². The number of ether oxygens (including phenoxy) is 4. The maximum absolute atomic E-state index is 5.91. The van der Waals surface area contributed by atoms with Crippen molar-refractivity contribution < 1.29 is 18.9 Å². The van der Waals surface area contributed by atoms with Crippen LogP contribution in [0.15, 0.2) is 60.9 Å². The van der Waals surface area contributed by atoms with Gasteiger partial charge >= 0.3 is 12.0 Å². The van der Waals surface area contributed by atoms with Crippen molar-refractivity contribution in [3.63, 3.8) is 0 Å². The molecule has 0 aliphatic carbocycles. The van der Waals surface area contributed by atoms with Crippen LogP contribution in [0.25, 0.3) is 0 Å². The molecule has 1 aliphatic rings. The van der Waals surface area contributed by atoms with Crippen molar-refractivity contribution in [1.82, 2.24) is 19.9 Å². The van der Waals surface area contributed by atoms with Gasteiger partial charge in [-0.3, -0.25) is 0 Å². The lowest BCUT2D eigenvalue weighted by atomic mass is 10.2. The van der Waals surface area contributed by atoms with Crippen molar-refractivity contribution in [2.45, 2.75) is 13.8 Å². The van der Waals surface area contributed by atoms with Crippen molar-refractivity contribution in [2.75, 3.05) is 0 Å². The van der Waals surface area contributed by atoms with Gasteiger partial charge in [0.25, 0.3) is 0 Å². The molecule has 0 fully saturated rings. The van der Waals surface area contributed by atoms with E-state index in [4.69, 9.17) is 18.9 Å². The molecule has 30 heavy (non-hydrogen) atoms. The third-order valence-corrected chi connectivity index (χ3v) is 4.13. The van der Waals surface area contributed by atoms with E-state index in [1.54, 1.807) is 36.7 Å². The van der Waals surface area contributed by atoms with Gasteiger partial charge in [-0.05, 0) is 49.2 Å². The van der Waals surface area contributed by atoms with Crippen LogP contribution in [0, 0.1) is 13.8 Å². The van der Waals surface area contributed by atoms with Gasteiger partial charge in [-0.2, -0.15) is 9.97 Å². The molecule has 0 spiro atoms. The van der Waals surface area contributed by atoms with E-state index in [9.17, 15) is 0 Å². The van der Waals surface area contributed by atoms with Gasteiger partial charge in [0.05, 0.1) is 0 Å². The highest BCUT2D eigenvalue weighted by Gasteiger charge is 2.11. The van der Waals surface area contributed by atoms with E-state index in [0.29, 0.717) is 34.8 Å². The molecule has 0 saturated carbocycles. The molecule has 3 heterocycles. The normalized spacial score (nSPS) is 12.1. The molecule has 8 nitrogen and oxygen atoms in total. The van der Waals surface area contributed by atoms with Gasteiger partial charge in [0.1, 0.15) is 23.0 Å². The molecule has 2 aromatic carbocycles. The van der Waals surface area contributed by atoms with Crippen LogP contribution in [-0.2, 0) is 0 Å². The zero-order chi connectivity index (χ0) is 20.5. The Morgan fingerprint density at radius 3 is 1.37 bits per heavy atom. The molecule has 8 heteroatoms. The molecule has 0 saturated heterocycles. The molecule has 0 unspecified atom stereocenters. The zero-order valence-electron chi connectivity index (χ0n) is 16.2. The van der Waals surface area contributed by atoms with Gasteiger partial charge in [0, 0.05) is 36.7 Å². The maximum atomic E-state index is 5.91. The molecule has 8 bridgehead atoms. The summed E-state index contributed by atoms with van der Waals surface area (Å²) in [7, 11) is 0. The topological polar surface area (TPSA) is 88.5 Å². The van der Waals surface area contributed by atoms with Crippen LogP contribution < -0.4 is 18.9 Å². The second-order valence-electron chi connectivity index (χ2n) is 6.73. The highest BCUT2D eigenvalue weighted by atomic mass is 16.5. The minimum absolute atomic E-state index is 0.151. The minimum Gasteiger partial charge on any atom is -0.439 e. The third kappa shape index (κ3) is 3.97. The van der Waals surface area contributed by atoms with Crippen LogP contribution in [0.3, 0.4) is 0 Å². The third-order valence-electron chi connectivity index (χ3n) is 4.13. The fourth-order valence-corrected chi connectivity index (χ4v) is 2.98. The highest BCUT2D eigenvalue weighted by Crippen LogP contribution is 2.32. The lowest BCUT2D eigenvalue weighted by Gasteiger charge is -2.12. The molecular weight excluding hydrogens is 384 g/mol. The Morgan fingerprint density at radius 1 is 0.533 bits per heavy atom. The molecule has 0 atom stereocenters. The molecule has 4 aromatic rings. The van der Waals surface area contributed by atoms with Crippen LogP contribution in [-0.4, -0.2) is 19.9 Å². The van der Waals surface area contributed by atoms with Crippen LogP contribution in [0.2, 0.25) is 0 Å². The van der Waals surface area contributed by atoms with E-state index >= 15 is 0 Å². The number of rotatable bonds is 0. The highest BCUT2D eigenvalue weighted by molar-refractivity contribution is 5.42. The Labute approximate surface area is 172 Å². The fraction of sp³-hybridized carbons (Fsp3) is 0.0909. The number of aromatic nitrogens is 4. The molecule has 0 N–H and O–H groups in total. The first kappa shape index (κ1) is 17.9. The predicted molar refractivity (Wildman–Crippen MR) is 107 cm³/mol. The first-order valence-corrected chi connectivity index (χ1v) is 9.20. The number of hydrogen-bond acceptors (Lipinski definition) is 8. The number of nitrogens with zero attached hydrogens (tertiary/aromatic N) is 4. The van der Waals surface area contributed by atoms with Crippen molar-refractivity contribution in [3.8, 4) is 46.8 Å². The van der Waals surface area contributed by atoms with Crippen LogP contribution >= 0.6 is 0 Å². The van der Waals surface area contributed by atoms with E-state index in [-0.39, 0.29) is 12.0 Å².